The lowest BCUT2D eigenvalue weighted by Gasteiger charge is -2.31. The van der Waals surface area contributed by atoms with Crippen LogP contribution in [-0.4, -0.2) is 11.7 Å². The van der Waals surface area contributed by atoms with Crippen LogP contribution in [0.3, 0.4) is 0 Å². The molecule has 0 spiro atoms. The lowest BCUT2D eigenvalue weighted by atomic mass is 9.92. The summed E-state index contributed by atoms with van der Waals surface area (Å²) in [4.78, 5) is 0. The first-order valence-corrected chi connectivity index (χ1v) is 7.14. The molecule has 106 valence electrons. The molecule has 0 fully saturated rings. The van der Waals surface area contributed by atoms with Crippen molar-refractivity contribution in [1.29, 1.82) is 0 Å². The van der Waals surface area contributed by atoms with Crippen LogP contribution >= 0.6 is 15.9 Å². The van der Waals surface area contributed by atoms with Gasteiger partial charge in [-0.2, -0.15) is 0 Å². The average molecular weight is 338 g/mol. The molecular weight excluding hydrogens is 321 g/mol. The molecule has 1 unspecified atom stereocenters. The molecule has 0 saturated carbocycles. The van der Waals surface area contributed by atoms with E-state index < -0.39 is 5.54 Å². The quantitative estimate of drug-likeness (QED) is 0.875. The SMILES string of the molecule is Cc1cc(F)cc(NC(C)(CO)c2cccc(Br)c2)c1. The Morgan fingerprint density at radius 1 is 1.25 bits per heavy atom. The third kappa shape index (κ3) is 3.38. The van der Waals surface area contributed by atoms with E-state index in [1.807, 2.05) is 44.2 Å². The number of anilines is 1. The molecule has 2 rings (SSSR count). The van der Waals surface area contributed by atoms with E-state index in [2.05, 4.69) is 21.2 Å². The number of hydrogen-bond acceptors (Lipinski definition) is 2. The fourth-order valence-corrected chi connectivity index (χ4v) is 2.56. The Morgan fingerprint density at radius 3 is 2.60 bits per heavy atom. The molecule has 1 atom stereocenters. The lowest BCUT2D eigenvalue weighted by Crippen LogP contribution is -2.35. The van der Waals surface area contributed by atoms with E-state index in [0.29, 0.717) is 5.69 Å². The zero-order valence-electron chi connectivity index (χ0n) is 11.5. The Balaban J connectivity index is 2.36. The Morgan fingerprint density at radius 2 is 2.00 bits per heavy atom. The average Bonchev–Trinajstić information content (AvgIpc) is 2.37. The number of benzene rings is 2. The van der Waals surface area contributed by atoms with Gasteiger partial charge in [-0.05, 0) is 55.3 Å². The zero-order chi connectivity index (χ0) is 14.8. The van der Waals surface area contributed by atoms with Crippen molar-refractivity contribution in [2.45, 2.75) is 19.4 Å². The van der Waals surface area contributed by atoms with Crippen molar-refractivity contribution in [2.75, 3.05) is 11.9 Å². The molecule has 2 aromatic carbocycles. The molecule has 2 nitrogen and oxygen atoms in total. The van der Waals surface area contributed by atoms with Crippen LogP contribution in [0.5, 0.6) is 0 Å². The lowest BCUT2D eigenvalue weighted by molar-refractivity contribution is 0.224. The number of nitrogens with one attached hydrogen (secondary N) is 1. The molecule has 0 aliphatic rings. The second-order valence-corrected chi connectivity index (χ2v) is 6.06. The molecule has 2 aromatic rings. The normalized spacial score (nSPS) is 13.8. The molecule has 0 amide bonds. The number of aryl methyl sites for hydroxylation is 1. The summed E-state index contributed by atoms with van der Waals surface area (Å²) < 4.78 is 14.4. The fourth-order valence-electron chi connectivity index (χ4n) is 2.16. The first kappa shape index (κ1) is 15.0. The van der Waals surface area contributed by atoms with Crippen molar-refractivity contribution < 1.29 is 9.50 Å². The van der Waals surface area contributed by atoms with Crippen LogP contribution in [-0.2, 0) is 5.54 Å². The highest BCUT2D eigenvalue weighted by atomic mass is 79.9. The Kier molecular flexibility index (Phi) is 4.45. The van der Waals surface area contributed by atoms with Crippen LogP contribution in [0.2, 0.25) is 0 Å². The van der Waals surface area contributed by atoms with Gasteiger partial charge >= 0.3 is 0 Å². The molecule has 2 N–H and O–H groups in total. The monoisotopic (exact) mass is 337 g/mol. The Hall–Kier alpha value is -1.39. The maximum Gasteiger partial charge on any atom is 0.125 e. The topological polar surface area (TPSA) is 32.3 Å². The number of rotatable bonds is 4. The maximum atomic E-state index is 13.5. The van der Waals surface area contributed by atoms with Gasteiger partial charge in [0, 0.05) is 10.2 Å². The van der Waals surface area contributed by atoms with E-state index >= 15 is 0 Å². The van der Waals surface area contributed by atoms with Gasteiger partial charge in [0.25, 0.3) is 0 Å². The summed E-state index contributed by atoms with van der Waals surface area (Å²) in [5, 5.41) is 13.0. The van der Waals surface area contributed by atoms with Crippen molar-refractivity contribution >= 4 is 21.6 Å². The smallest absolute Gasteiger partial charge is 0.125 e. The molecule has 0 heterocycles. The van der Waals surface area contributed by atoms with E-state index in [9.17, 15) is 9.50 Å². The third-order valence-corrected chi connectivity index (χ3v) is 3.73. The van der Waals surface area contributed by atoms with E-state index in [-0.39, 0.29) is 12.4 Å². The van der Waals surface area contributed by atoms with Gasteiger partial charge in [-0.3, -0.25) is 0 Å². The molecular formula is C16H17BrFNO. The zero-order valence-corrected chi connectivity index (χ0v) is 13.0. The molecule has 0 aliphatic carbocycles. The van der Waals surface area contributed by atoms with Crippen molar-refractivity contribution in [1.82, 2.24) is 0 Å². The van der Waals surface area contributed by atoms with Crippen LogP contribution in [0.1, 0.15) is 18.1 Å². The summed E-state index contributed by atoms with van der Waals surface area (Å²) in [7, 11) is 0. The van der Waals surface area contributed by atoms with Crippen molar-refractivity contribution in [3.05, 3.63) is 63.9 Å². The van der Waals surface area contributed by atoms with Gasteiger partial charge in [-0.15, -0.1) is 0 Å². The number of aliphatic hydroxyl groups is 1. The predicted molar refractivity (Wildman–Crippen MR) is 83.3 cm³/mol. The Bertz CT molecular complexity index is 597. The van der Waals surface area contributed by atoms with Gasteiger partial charge in [-0.1, -0.05) is 28.1 Å². The minimum Gasteiger partial charge on any atom is -0.394 e. The van der Waals surface area contributed by atoms with Crippen molar-refractivity contribution in [3.8, 4) is 0 Å². The van der Waals surface area contributed by atoms with E-state index in [4.69, 9.17) is 0 Å². The summed E-state index contributed by atoms with van der Waals surface area (Å²) in [6, 6.07) is 12.5. The van der Waals surface area contributed by atoms with E-state index in [1.165, 1.54) is 12.1 Å². The second kappa shape index (κ2) is 5.94. The Labute approximate surface area is 126 Å². The number of aliphatic hydroxyl groups excluding tert-OH is 1. The van der Waals surface area contributed by atoms with Gasteiger partial charge in [0.05, 0.1) is 12.1 Å². The van der Waals surface area contributed by atoms with Gasteiger partial charge in [-0.25, -0.2) is 4.39 Å². The molecule has 0 aromatic heterocycles. The van der Waals surface area contributed by atoms with Crippen LogP contribution in [0.15, 0.2) is 46.9 Å². The summed E-state index contributed by atoms with van der Waals surface area (Å²) in [6.45, 7) is 3.62. The molecule has 20 heavy (non-hydrogen) atoms. The van der Waals surface area contributed by atoms with Gasteiger partial charge in [0.2, 0.25) is 0 Å². The first-order valence-electron chi connectivity index (χ1n) is 6.35. The standard InChI is InChI=1S/C16H17BrFNO/c1-11-6-14(18)9-15(7-11)19-16(2,10-20)12-4-3-5-13(17)8-12/h3-9,19-20H,10H2,1-2H3. The summed E-state index contributed by atoms with van der Waals surface area (Å²) in [5.41, 5.74) is 1.74. The van der Waals surface area contributed by atoms with Crippen LogP contribution in [0.4, 0.5) is 10.1 Å². The van der Waals surface area contributed by atoms with Crippen LogP contribution in [0.25, 0.3) is 0 Å². The highest BCUT2D eigenvalue weighted by Gasteiger charge is 2.26. The summed E-state index contributed by atoms with van der Waals surface area (Å²) >= 11 is 3.42. The molecule has 0 saturated heterocycles. The van der Waals surface area contributed by atoms with Crippen LogP contribution < -0.4 is 5.32 Å². The van der Waals surface area contributed by atoms with Gasteiger partial charge in [0.1, 0.15) is 5.82 Å². The maximum absolute atomic E-state index is 13.5. The van der Waals surface area contributed by atoms with E-state index in [1.54, 1.807) is 0 Å². The fraction of sp³-hybridized carbons (Fsp3) is 0.250. The minimum absolute atomic E-state index is 0.0982. The minimum atomic E-state index is -0.677. The van der Waals surface area contributed by atoms with Gasteiger partial charge < -0.3 is 10.4 Å². The molecule has 0 bridgehead atoms. The van der Waals surface area contributed by atoms with Gasteiger partial charge in [0.15, 0.2) is 0 Å². The second-order valence-electron chi connectivity index (χ2n) is 5.14. The number of halogens is 2. The van der Waals surface area contributed by atoms with Crippen molar-refractivity contribution in [3.63, 3.8) is 0 Å². The molecule has 0 aliphatic heterocycles. The van der Waals surface area contributed by atoms with E-state index in [0.717, 1.165) is 15.6 Å². The highest BCUT2D eigenvalue weighted by Crippen LogP contribution is 2.28. The third-order valence-electron chi connectivity index (χ3n) is 3.24. The first-order chi connectivity index (χ1) is 9.43. The largest absolute Gasteiger partial charge is 0.394 e. The summed E-state index contributed by atoms with van der Waals surface area (Å²) in [5.74, 6) is -0.290. The van der Waals surface area contributed by atoms with Crippen LogP contribution in [0, 0.1) is 12.7 Å². The summed E-state index contributed by atoms with van der Waals surface area (Å²) in [6.07, 6.45) is 0. The highest BCUT2D eigenvalue weighted by molar-refractivity contribution is 9.10. The molecule has 4 heteroatoms. The number of hydrogen-bond donors (Lipinski definition) is 2. The molecule has 0 radical (unpaired) electrons. The van der Waals surface area contributed by atoms with Crippen molar-refractivity contribution in [2.24, 2.45) is 0 Å². The predicted octanol–water partition coefficient (Wildman–Crippen LogP) is 4.22.